The maximum Gasteiger partial charge on any atom is 0.159 e. The predicted molar refractivity (Wildman–Crippen MR) is 216 cm³/mol. The van der Waals surface area contributed by atoms with Crippen molar-refractivity contribution in [1.29, 1.82) is 0 Å². The highest BCUT2D eigenvalue weighted by Crippen LogP contribution is 2.29. The van der Waals surface area contributed by atoms with Crippen LogP contribution < -0.4 is 37.8 Å². The lowest BCUT2D eigenvalue weighted by Crippen LogP contribution is -2.43. The van der Waals surface area contributed by atoms with Crippen LogP contribution in [0.5, 0.6) is 0 Å². The lowest BCUT2D eigenvalue weighted by atomic mass is 9.86. The zero-order valence-electron chi connectivity index (χ0n) is 29.5. The number of hydrogen-bond donors (Lipinski definition) is 5. The maximum atomic E-state index is 14.2. The molecule has 0 saturated heterocycles. The molecule has 0 fully saturated rings. The first-order valence-electron chi connectivity index (χ1n) is 18.3. The second-order valence-corrected chi connectivity index (χ2v) is 14.4. The number of allylic oxidation sites excluding steroid dienone is 10. The minimum absolute atomic E-state index is 0.124. The molecule has 6 N–H and O–H groups in total. The topological polar surface area (TPSA) is 165 Å². The summed E-state index contributed by atoms with van der Waals surface area (Å²) in [7, 11) is 0. The first-order valence-corrected chi connectivity index (χ1v) is 18.3. The van der Waals surface area contributed by atoms with Gasteiger partial charge in [0, 0.05) is 39.2 Å². The Morgan fingerprint density at radius 2 is 0.927 bits per heavy atom. The molecule has 0 amide bonds. The molecular formula is C44H35N9O2. The standard InChI is InChI=1S/C44H35N9O2/c45-40(44(55)39-20-37-18-33-8-6-29(49-33)14-25-2-4-27(47-25)16-31-10-12-35(51-31)22-42(39)53-37)23-43(54)38-19-36-17-32-7-5-28(48-32)13-24-1-3-26(46-24)15-30-9-11-34(50-30)21-41(38)52-36/h1-22,38-42,46-47,52-53H,23,45H2. The van der Waals surface area contributed by atoms with Gasteiger partial charge in [0.2, 0.25) is 0 Å². The summed E-state index contributed by atoms with van der Waals surface area (Å²) < 4.78 is 0. The SMILES string of the molecule is NC(CC(=O)C1C=C2C=C3C=CC(=N3)C=c3ccc([nH]3)=CC3=NC(=CC1N2)C=C3)C(=O)C1C=C2C=C3C=CC(=N3)C=c3ccc([nH]3)=CC3=NC(=CC1N2)C=C3. The van der Waals surface area contributed by atoms with E-state index >= 15 is 0 Å². The second-order valence-electron chi connectivity index (χ2n) is 14.4. The predicted octanol–water partition coefficient (Wildman–Crippen LogP) is 1.57. The van der Waals surface area contributed by atoms with Crippen LogP contribution in [0.25, 0.3) is 24.3 Å². The van der Waals surface area contributed by atoms with Crippen LogP contribution in [0, 0.1) is 11.8 Å². The molecule has 16 bridgehead atoms. The van der Waals surface area contributed by atoms with E-state index in [0.29, 0.717) is 0 Å². The van der Waals surface area contributed by atoms with Crippen LogP contribution in [0.2, 0.25) is 0 Å². The Kier molecular flexibility index (Phi) is 7.81. The lowest BCUT2D eigenvalue weighted by molar-refractivity contribution is -0.128. The Morgan fingerprint density at radius 1 is 0.527 bits per heavy atom. The summed E-state index contributed by atoms with van der Waals surface area (Å²) in [5.41, 5.74) is 14.4. The fourth-order valence-electron chi connectivity index (χ4n) is 7.74. The number of aromatic amines is 2. The summed E-state index contributed by atoms with van der Waals surface area (Å²) in [5, 5.41) is 10.7. The Labute approximate surface area is 315 Å². The van der Waals surface area contributed by atoms with Crippen LogP contribution >= 0.6 is 0 Å². The van der Waals surface area contributed by atoms with E-state index in [0.717, 1.165) is 78.4 Å². The molecule has 11 heteroatoms. The van der Waals surface area contributed by atoms with Crippen LogP contribution in [0.15, 0.2) is 163 Å². The zero-order valence-corrected chi connectivity index (χ0v) is 29.5. The van der Waals surface area contributed by atoms with Gasteiger partial charge in [-0.1, -0.05) is 0 Å². The third-order valence-corrected chi connectivity index (χ3v) is 10.4. The number of aliphatic imine (C=N–C) groups is 4. The van der Waals surface area contributed by atoms with Crippen molar-refractivity contribution in [2.24, 2.45) is 37.5 Å². The van der Waals surface area contributed by atoms with Crippen molar-refractivity contribution in [3.05, 3.63) is 165 Å². The number of nitrogens with two attached hydrogens (primary N) is 1. The maximum absolute atomic E-state index is 14.2. The van der Waals surface area contributed by atoms with Crippen LogP contribution in [-0.2, 0) is 9.59 Å². The van der Waals surface area contributed by atoms with Crippen molar-refractivity contribution < 1.29 is 9.59 Å². The third-order valence-electron chi connectivity index (χ3n) is 10.4. The Balaban J connectivity index is 0.934. The first-order chi connectivity index (χ1) is 26.8. The largest absolute Gasteiger partial charge is 0.378 e. The Morgan fingerprint density at radius 3 is 1.40 bits per heavy atom. The Hall–Kier alpha value is -6.98. The van der Waals surface area contributed by atoms with Crippen molar-refractivity contribution in [3.8, 4) is 0 Å². The van der Waals surface area contributed by atoms with Gasteiger partial charge in [-0.2, -0.15) is 0 Å². The zero-order chi connectivity index (χ0) is 37.0. The van der Waals surface area contributed by atoms with Gasteiger partial charge in [0.1, 0.15) is 5.78 Å². The summed E-state index contributed by atoms with van der Waals surface area (Å²) in [4.78, 5) is 54.3. The highest BCUT2D eigenvalue weighted by molar-refractivity contribution is 6.21. The Bertz CT molecular complexity index is 2810. The number of nitrogens with one attached hydrogen (secondary N) is 4. The first kappa shape index (κ1) is 32.7. The highest BCUT2D eigenvalue weighted by atomic mass is 16.1. The van der Waals surface area contributed by atoms with Gasteiger partial charge in [0.15, 0.2) is 5.78 Å². The molecule has 11 nitrogen and oxygen atoms in total. The molecule has 5 atom stereocenters. The summed E-state index contributed by atoms with van der Waals surface area (Å²) >= 11 is 0. The quantitative estimate of drug-likeness (QED) is 0.316. The van der Waals surface area contributed by atoms with Crippen molar-refractivity contribution in [3.63, 3.8) is 0 Å². The molecule has 0 aromatic carbocycles. The number of carbonyl (C=O) groups is 2. The molecule has 55 heavy (non-hydrogen) atoms. The molecule has 8 aliphatic rings. The summed E-state index contributed by atoms with van der Waals surface area (Å²) in [6.45, 7) is 0. The van der Waals surface area contributed by atoms with Crippen molar-refractivity contribution in [2.45, 2.75) is 24.5 Å². The molecule has 10 heterocycles. The molecule has 268 valence electrons. The van der Waals surface area contributed by atoms with Gasteiger partial charge in [-0.25, -0.2) is 20.0 Å². The van der Waals surface area contributed by atoms with E-state index in [-0.39, 0.29) is 18.0 Å². The summed E-state index contributed by atoms with van der Waals surface area (Å²) in [5.74, 6) is -1.57. The van der Waals surface area contributed by atoms with Crippen molar-refractivity contribution in [2.75, 3.05) is 0 Å². The van der Waals surface area contributed by atoms with Gasteiger partial charge in [-0.15, -0.1) is 0 Å². The van der Waals surface area contributed by atoms with E-state index in [1.165, 1.54) is 0 Å². The van der Waals surface area contributed by atoms with Gasteiger partial charge < -0.3 is 26.3 Å². The molecule has 5 unspecified atom stereocenters. The van der Waals surface area contributed by atoms with Gasteiger partial charge in [0.25, 0.3) is 0 Å². The van der Waals surface area contributed by atoms with Crippen LogP contribution in [0.4, 0.5) is 0 Å². The van der Waals surface area contributed by atoms with E-state index in [9.17, 15) is 9.59 Å². The second kappa shape index (κ2) is 13.2. The molecule has 2 aromatic heterocycles. The number of ketones is 2. The fourth-order valence-corrected chi connectivity index (χ4v) is 7.74. The van der Waals surface area contributed by atoms with Crippen molar-refractivity contribution >= 4 is 58.7 Å². The van der Waals surface area contributed by atoms with Crippen molar-refractivity contribution in [1.82, 2.24) is 20.6 Å². The molecule has 0 saturated carbocycles. The minimum Gasteiger partial charge on any atom is -0.378 e. The number of rotatable bonds is 5. The monoisotopic (exact) mass is 721 g/mol. The third kappa shape index (κ3) is 6.73. The highest BCUT2D eigenvalue weighted by Gasteiger charge is 2.38. The van der Waals surface area contributed by atoms with Gasteiger partial charge >= 0.3 is 0 Å². The van der Waals surface area contributed by atoms with E-state index in [1.54, 1.807) is 0 Å². The number of fused-ring (bicyclic) bond motifs is 12. The summed E-state index contributed by atoms with van der Waals surface area (Å²) in [6, 6.07) is 6.17. The van der Waals surface area contributed by atoms with E-state index < -0.39 is 30.0 Å². The van der Waals surface area contributed by atoms with Gasteiger partial charge in [-0.05, 0) is 134 Å². The molecule has 2 aromatic rings. The molecule has 0 aliphatic carbocycles. The molecule has 10 rings (SSSR count). The smallest absolute Gasteiger partial charge is 0.159 e. The van der Waals surface area contributed by atoms with Gasteiger partial charge in [-0.3, -0.25) is 9.59 Å². The average Bonchev–Trinajstić information content (AvgIpc) is 3.99. The average molecular weight is 722 g/mol. The molecular weight excluding hydrogens is 687 g/mol. The van der Waals surface area contributed by atoms with E-state index in [4.69, 9.17) is 25.7 Å². The molecule has 0 spiro atoms. The number of carbonyl (C=O) groups excluding carboxylic acids is 2. The number of H-pyrrole nitrogens is 2. The number of nitrogens with zero attached hydrogens (tertiary/aromatic N) is 4. The summed E-state index contributed by atoms with van der Waals surface area (Å²) in [6.07, 6.45) is 34.9. The van der Waals surface area contributed by atoms with E-state index in [1.807, 2.05) is 134 Å². The van der Waals surface area contributed by atoms with Gasteiger partial charge in [0.05, 0.1) is 75.6 Å². The molecule has 0 radical (unpaired) electrons. The fraction of sp³-hybridized carbons (Fsp3) is 0.136. The number of hydrogen-bond acceptors (Lipinski definition) is 9. The lowest BCUT2D eigenvalue weighted by Gasteiger charge is -2.21. The van der Waals surface area contributed by atoms with Crippen LogP contribution in [0.3, 0.4) is 0 Å². The minimum atomic E-state index is -1.03. The number of Topliss-reactive ketones (excluding diaryl/α,β-unsaturated/α-hetero) is 2. The van der Waals surface area contributed by atoms with Crippen LogP contribution in [-0.4, -0.2) is 62.5 Å². The van der Waals surface area contributed by atoms with E-state index in [2.05, 4.69) is 20.6 Å². The van der Waals surface area contributed by atoms with Crippen LogP contribution in [0.1, 0.15) is 6.42 Å². The normalized spacial score (nSPS) is 25.5. The molecule has 8 aliphatic heterocycles. The number of aromatic nitrogens is 2.